The molecule has 1 rings (SSSR count). The van der Waals surface area contributed by atoms with Gasteiger partial charge in [-0.2, -0.15) is 0 Å². The van der Waals surface area contributed by atoms with Gasteiger partial charge in [0, 0.05) is 32.3 Å². The summed E-state index contributed by atoms with van der Waals surface area (Å²) in [5.41, 5.74) is 0. The summed E-state index contributed by atoms with van der Waals surface area (Å²) in [6.45, 7) is 11.2. The van der Waals surface area contributed by atoms with Crippen molar-refractivity contribution in [1.82, 2.24) is 10.2 Å². The van der Waals surface area contributed by atoms with E-state index >= 15 is 0 Å². The highest BCUT2D eigenvalue weighted by Crippen LogP contribution is 2.16. The molecule has 0 aromatic heterocycles. The van der Waals surface area contributed by atoms with E-state index in [1.807, 2.05) is 0 Å². The zero-order valence-corrected chi connectivity index (χ0v) is 11.3. The van der Waals surface area contributed by atoms with Gasteiger partial charge >= 0.3 is 0 Å². The minimum Gasteiger partial charge on any atom is -0.383 e. The molecular weight excluding hydrogens is 200 g/mol. The topological polar surface area (TPSA) is 24.5 Å². The molecule has 0 aromatic rings. The van der Waals surface area contributed by atoms with E-state index in [1.165, 1.54) is 19.4 Å². The Labute approximate surface area is 101 Å². The van der Waals surface area contributed by atoms with Crippen LogP contribution in [0.1, 0.15) is 33.6 Å². The molecule has 1 aliphatic rings. The van der Waals surface area contributed by atoms with Gasteiger partial charge in [0.25, 0.3) is 0 Å². The van der Waals surface area contributed by atoms with Crippen LogP contribution in [0.5, 0.6) is 0 Å². The first-order valence-electron chi connectivity index (χ1n) is 6.59. The molecule has 16 heavy (non-hydrogen) atoms. The molecule has 1 fully saturated rings. The quantitative estimate of drug-likeness (QED) is 0.749. The van der Waals surface area contributed by atoms with Crippen molar-refractivity contribution in [2.24, 2.45) is 5.92 Å². The summed E-state index contributed by atoms with van der Waals surface area (Å²) < 4.78 is 5.21. The van der Waals surface area contributed by atoms with Gasteiger partial charge in [-0.05, 0) is 32.2 Å². The van der Waals surface area contributed by atoms with E-state index in [4.69, 9.17) is 4.74 Å². The Hall–Kier alpha value is -0.120. The molecule has 2 unspecified atom stereocenters. The van der Waals surface area contributed by atoms with Crippen molar-refractivity contribution in [3.05, 3.63) is 0 Å². The van der Waals surface area contributed by atoms with Gasteiger partial charge in [-0.1, -0.05) is 13.8 Å². The molecule has 1 N–H and O–H groups in total. The van der Waals surface area contributed by atoms with E-state index in [9.17, 15) is 0 Å². The second-order valence-corrected chi connectivity index (χ2v) is 5.41. The Kier molecular flexibility index (Phi) is 6.32. The molecule has 0 saturated carbocycles. The van der Waals surface area contributed by atoms with E-state index in [0.29, 0.717) is 6.04 Å². The van der Waals surface area contributed by atoms with Gasteiger partial charge in [0.1, 0.15) is 0 Å². The largest absolute Gasteiger partial charge is 0.383 e. The number of piperidine rings is 1. The highest BCUT2D eigenvalue weighted by molar-refractivity contribution is 4.82. The second-order valence-electron chi connectivity index (χ2n) is 5.41. The molecule has 1 heterocycles. The molecule has 0 aliphatic carbocycles. The van der Waals surface area contributed by atoms with E-state index in [1.54, 1.807) is 7.11 Å². The van der Waals surface area contributed by atoms with E-state index in [0.717, 1.165) is 31.7 Å². The van der Waals surface area contributed by atoms with Gasteiger partial charge in [-0.3, -0.25) is 4.90 Å². The Balaban J connectivity index is 2.45. The number of ether oxygens (including phenoxy) is 1. The highest BCUT2D eigenvalue weighted by atomic mass is 16.5. The summed E-state index contributed by atoms with van der Waals surface area (Å²) >= 11 is 0. The van der Waals surface area contributed by atoms with Crippen LogP contribution in [0.25, 0.3) is 0 Å². The number of nitrogens with one attached hydrogen (secondary N) is 1. The zero-order chi connectivity index (χ0) is 12.0. The molecule has 3 nitrogen and oxygen atoms in total. The van der Waals surface area contributed by atoms with Crippen molar-refractivity contribution >= 4 is 0 Å². The first kappa shape index (κ1) is 13.9. The Morgan fingerprint density at radius 2 is 2.19 bits per heavy atom. The van der Waals surface area contributed by atoms with Crippen molar-refractivity contribution in [2.75, 3.05) is 33.4 Å². The summed E-state index contributed by atoms with van der Waals surface area (Å²) in [6.07, 6.45) is 2.55. The molecule has 0 spiro atoms. The molecule has 0 radical (unpaired) electrons. The van der Waals surface area contributed by atoms with Crippen LogP contribution < -0.4 is 5.32 Å². The van der Waals surface area contributed by atoms with E-state index in [-0.39, 0.29) is 0 Å². The van der Waals surface area contributed by atoms with Crippen molar-refractivity contribution in [3.8, 4) is 0 Å². The monoisotopic (exact) mass is 228 g/mol. The summed E-state index contributed by atoms with van der Waals surface area (Å²) in [6, 6.07) is 1.41. The van der Waals surface area contributed by atoms with Crippen LogP contribution in [-0.4, -0.2) is 50.3 Å². The predicted molar refractivity (Wildman–Crippen MR) is 68.8 cm³/mol. The predicted octanol–water partition coefficient (Wildman–Crippen LogP) is 1.73. The molecular formula is C13H28N2O. The van der Waals surface area contributed by atoms with Gasteiger partial charge in [-0.15, -0.1) is 0 Å². The van der Waals surface area contributed by atoms with Crippen molar-refractivity contribution in [1.29, 1.82) is 0 Å². The standard InChI is InChI=1S/C13H28N2O/c1-11(2)10-15(7-8-16-4)13-5-6-14-12(3)9-13/h11-14H,5-10H2,1-4H3. The van der Waals surface area contributed by atoms with Crippen LogP contribution in [0.3, 0.4) is 0 Å². The minimum atomic E-state index is 0.663. The number of rotatable bonds is 6. The maximum Gasteiger partial charge on any atom is 0.0589 e. The lowest BCUT2D eigenvalue weighted by Crippen LogP contribution is -2.48. The Morgan fingerprint density at radius 1 is 1.44 bits per heavy atom. The first-order chi connectivity index (χ1) is 7.63. The van der Waals surface area contributed by atoms with Gasteiger partial charge in [0.2, 0.25) is 0 Å². The fourth-order valence-electron chi connectivity index (χ4n) is 2.54. The average molecular weight is 228 g/mol. The van der Waals surface area contributed by atoms with E-state index in [2.05, 4.69) is 31.0 Å². The Bertz CT molecular complexity index is 185. The van der Waals surface area contributed by atoms with Crippen molar-refractivity contribution in [2.45, 2.75) is 45.7 Å². The lowest BCUT2D eigenvalue weighted by Gasteiger charge is -2.38. The lowest BCUT2D eigenvalue weighted by atomic mass is 9.98. The smallest absolute Gasteiger partial charge is 0.0589 e. The maximum absolute atomic E-state index is 5.21. The fraction of sp³-hybridized carbons (Fsp3) is 1.00. The number of hydrogen-bond acceptors (Lipinski definition) is 3. The summed E-state index contributed by atoms with van der Waals surface area (Å²) in [4.78, 5) is 2.62. The van der Waals surface area contributed by atoms with Crippen molar-refractivity contribution in [3.63, 3.8) is 0 Å². The first-order valence-corrected chi connectivity index (χ1v) is 6.59. The normalized spacial score (nSPS) is 26.6. The molecule has 1 saturated heterocycles. The van der Waals surface area contributed by atoms with Crippen LogP contribution in [-0.2, 0) is 4.74 Å². The third kappa shape index (κ3) is 4.81. The molecule has 96 valence electrons. The molecule has 0 amide bonds. The molecule has 2 atom stereocenters. The van der Waals surface area contributed by atoms with Crippen LogP contribution in [0.15, 0.2) is 0 Å². The summed E-state index contributed by atoms with van der Waals surface area (Å²) in [5.74, 6) is 0.738. The Morgan fingerprint density at radius 3 is 2.75 bits per heavy atom. The molecule has 3 heteroatoms. The summed E-state index contributed by atoms with van der Waals surface area (Å²) in [7, 11) is 1.79. The second kappa shape index (κ2) is 7.25. The third-order valence-electron chi connectivity index (χ3n) is 3.29. The number of hydrogen-bond donors (Lipinski definition) is 1. The van der Waals surface area contributed by atoms with Crippen LogP contribution in [0, 0.1) is 5.92 Å². The van der Waals surface area contributed by atoms with Crippen molar-refractivity contribution < 1.29 is 4.74 Å². The highest BCUT2D eigenvalue weighted by Gasteiger charge is 2.24. The van der Waals surface area contributed by atoms with Gasteiger partial charge < -0.3 is 10.1 Å². The number of nitrogens with zero attached hydrogens (tertiary/aromatic N) is 1. The number of methoxy groups -OCH3 is 1. The molecule has 1 aliphatic heterocycles. The third-order valence-corrected chi connectivity index (χ3v) is 3.29. The lowest BCUT2D eigenvalue weighted by molar-refractivity contribution is 0.0887. The molecule has 0 aromatic carbocycles. The molecule has 0 bridgehead atoms. The van der Waals surface area contributed by atoms with Crippen LogP contribution in [0.2, 0.25) is 0 Å². The minimum absolute atomic E-state index is 0.663. The fourth-order valence-corrected chi connectivity index (χ4v) is 2.54. The summed E-state index contributed by atoms with van der Waals surface area (Å²) in [5, 5.41) is 3.52. The van der Waals surface area contributed by atoms with Crippen LogP contribution in [0.4, 0.5) is 0 Å². The zero-order valence-electron chi connectivity index (χ0n) is 11.3. The van der Waals surface area contributed by atoms with Crippen LogP contribution >= 0.6 is 0 Å². The maximum atomic E-state index is 5.21. The average Bonchev–Trinajstić information content (AvgIpc) is 2.23. The van der Waals surface area contributed by atoms with Gasteiger partial charge in [0.05, 0.1) is 6.61 Å². The van der Waals surface area contributed by atoms with E-state index < -0.39 is 0 Å². The SMILES string of the molecule is COCCN(CC(C)C)C1CCNC(C)C1. The van der Waals surface area contributed by atoms with Gasteiger partial charge in [0.15, 0.2) is 0 Å². The van der Waals surface area contributed by atoms with Gasteiger partial charge in [-0.25, -0.2) is 0 Å².